The maximum absolute atomic E-state index is 11.2. The molecule has 19 heavy (non-hydrogen) atoms. The van der Waals surface area contributed by atoms with Gasteiger partial charge >= 0.3 is 11.9 Å². The molecule has 0 saturated carbocycles. The van der Waals surface area contributed by atoms with E-state index in [9.17, 15) is 24.3 Å². The topological polar surface area (TPSA) is 119 Å². The van der Waals surface area contributed by atoms with Crippen LogP contribution < -0.4 is 5.32 Å². The standard InChI is InChI=1S/C11H15NO7/c1-7(13)5-12-11(17)8(14)6-19-10(16)4-3-9(15)18-2/h3-4,8,14H,5-6H2,1-2H3,(H,12,17)/b4-3+. The molecule has 0 aliphatic carbocycles. The van der Waals surface area contributed by atoms with Gasteiger partial charge in [0.2, 0.25) is 0 Å². The average Bonchev–Trinajstić information content (AvgIpc) is 2.38. The smallest absolute Gasteiger partial charge is 0.331 e. The van der Waals surface area contributed by atoms with Crippen LogP contribution in [0.2, 0.25) is 0 Å². The molecule has 1 amide bonds. The lowest BCUT2D eigenvalue weighted by Gasteiger charge is -2.10. The van der Waals surface area contributed by atoms with E-state index in [1.165, 1.54) is 6.92 Å². The van der Waals surface area contributed by atoms with Gasteiger partial charge in [0, 0.05) is 12.2 Å². The van der Waals surface area contributed by atoms with Gasteiger partial charge in [-0.1, -0.05) is 0 Å². The fourth-order valence-corrected chi connectivity index (χ4v) is 0.818. The van der Waals surface area contributed by atoms with Crippen molar-refractivity contribution in [3.8, 4) is 0 Å². The molecule has 106 valence electrons. The summed E-state index contributed by atoms with van der Waals surface area (Å²) < 4.78 is 8.74. The first-order valence-electron chi connectivity index (χ1n) is 5.24. The fourth-order valence-electron chi connectivity index (χ4n) is 0.818. The minimum Gasteiger partial charge on any atom is -0.466 e. The third-order valence-corrected chi connectivity index (χ3v) is 1.75. The van der Waals surface area contributed by atoms with E-state index >= 15 is 0 Å². The summed E-state index contributed by atoms with van der Waals surface area (Å²) in [5, 5.41) is 11.4. The van der Waals surface area contributed by atoms with Crippen molar-refractivity contribution in [2.75, 3.05) is 20.3 Å². The number of hydrogen-bond acceptors (Lipinski definition) is 7. The van der Waals surface area contributed by atoms with Gasteiger partial charge in [0.15, 0.2) is 6.10 Å². The van der Waals surface area contributed by atoms with Gasteiger partial charge in [0.05, 0.1) is 13.7 Å². The van der Waals surface area contributed by atoms with Crippen molar-refractivity contribution >= 4 is 23.6 Å². The highest BCUT2D eigenvalue weighted by Gasteiger charge is 2.16. The summed E-state index contributed by atoms with van der Waals surface area (Å²) in [6.45, 7) is 0.463. The molecule has 0 aromatic rings. The molecular formula is C11H15NO7. The Morgan fingerprint density at radius 1 is 1.21 bits per heavy atom. The number of carbonyl (C=O) groups excluding carboxylic acids is 4. The van der Waals surface area contributed by atoms with Crippen LogP contribution in [-0.2, 0) is 28.7 Å². The van der Waals surface area contributed by atoms with Gasteiger partial charge < -0.3 is 19.9 Å². The Hall–Kier alpha value is -2.22. The molecule has 0 heterocycles. The number of ketones is 1. The van der Waals surface area contributed by atoms with Crippen molar-refractivity contribution in [3.63, 3.8) is 0 Å². The molecule has 8 heteroatoms. The van der Waals surface area contributed by atoms with Gasteiger partial charge in [0.1, 0.15) is 12.4 Å². The fraction of sp³-hybridized carbons (Fsp3) is 0.455. The number of ether oxygens (including phenoxy) is 2. The van der Waals surface area contributed by atoms with E-state index in [2.05, 4.69) is 14.8 Å². The van der Waals surface area contributed by atoms with Crippen molar-refractivity contribution in [3.05, 3.63) is 12.2 Å². The van der Waals surface area contributed by atoms with Crippen LogP contribution in [0, 0.1) is 0 Å². The van der Waals surface area contributed by atoms with Gasteiger partial charge in [-0.05, 0) is 6.92 Å². The van der Waals surface area contributed by atoms with Crippen molar-refractivity contribution in [1.29, 1.82) is 0 Å². The third-order valence-electron chi connectivity index (χ3n) is 1.75. The van der Waals surface area contributed by atoms with Crippen molar-refractivity contribution < 1.29 is 33.8 Å². The minimum absolute atomic E-state index is 0.216. The molecule has 0 aliphatic heterocycles. The second kappa shape index (κ2) is 8.81. The first kappa shape index (κ1) is 16.8. The Labute approximate surface area is 109 Å². The average molecular weight is 273 g/mol. The number of aliphatic hydroxyl groups excluding tert-OH is 1. The van der Waals surface area contributed by atoms with Crippen LogP contribution in [0.1, 0.15) is 6.92 Å². The molecule has 2 N–H and O–H groups in total. The lowest BCUT2D eigenvalue weighted by Crippen LogP contribution is -2.39. The first-order valence-corrected chi connectivity index (χ1v) is 5.24. The molecule has 0 fully saturated rings. The van der Waals surface area contributed by atoms with Crippen molar-refractivity contribution in [2.24, 2.45) is 0 Å². The first-order chi connectivity index (χ1) is 8.86. The van der Waals surface area contributed by atoms with E-state index in [1.54, 1.807) is 0 Å². The molecule has 0 aliphatic rings. The highest BCUT2D eigenvalue weighted by atomic mass is 16.5. The maximum Gasteiger partial charge on any atom is 0.331 e. The van der Waals surface area contributed by atoms with Crippen molar-refractivity contribution in [2.45, 2.75) is 13.0 Å². The molecule has 0 bridgehead atoms. The van der Waals surface area contributed by atoms with Gasteiger partial charge in [-0.2, -0.15) is 0 Å². The number of carbonyl (C=O) groups is 4. The number of aliphatic hydroxyl groups is 1. The summed E-state index contributed by atoms with van der Waals surface area (Å²) in [6, 6.07) is 0. The second-order valence-corrected chi connectivity index (χ2v) is 3.42. The normalized spacial score (nSPS) is 11.7. The predicted molar refractivity (Wildman–Crippen MR) is 61.8 cm³/mol. The lowest BCUT2D eigenvalue weighted by atomic mass is 10.3. The van der Waals surface area contributed by atoms with Crippen LogP contribution in [0.25, 0.3) is 0 Å². The summed E-state index contributed by atoms with van der Waals surface area (Å²) >= 11 is 0. The third kappa shape index (κ3) is 8.50. The monoisotopic (exact) mass is 273 g/mol. The SMILES string of the molecule is COC(=O)/C=C/C(=O)OCC(O)C(=O)NCC(C)=O. The number of hydrogen-bond donors (Lipinski definition) is 2. The summed E-state index contributed by atoms with van der Waals surface area (Å²) in [7, 11) is 1.14. The quantitative estimate of drug-likeness (QED) is 0.420. The summed E-state index contributed by atoms with van der Waals surface area (Å²) in [4.78, 5) is 43.4. The number of nitrogens with one attached hydrogen (secondary N) is 1. The summed E-state index contributed by atoms with van der Waals surface area (Å²) in [5.74, 6) is -2.76. The molecular weight excluding hydrogens is 258 g/mol. The van der Waals surface area contributed by atoms with Crippen LogP contribution >= 0.6 is 0 Å². The van der Waals surface area contributed by atoms with Crippen LogP contribution in [0.3, 0.4) is 0 Å². The Morgan fingerprint density at radius 2 is 1.79 bits per heavy atom. The van der Waals surface area contributed by atoms with Crippen LogP contribution in [0.15, 0.2) is 12.2 Å². The zero-order chi connectivity index (χ0) is 14.8. The molecule has 0 aromatic carbocycles. The van der Waals surface area contributed by atoms with E-state index in [0.717, 1.165) is 19.3 Å². The molecule has 0 rings (SSSR count). The molecule has 0 radical (unpaired) electrons. The van der Waals surface area contributed by atoms with Gasteiger partial charge in [-0.3, -0.25) is 9.59 Å². The highest BCUT2D eigenvalue weighted by molar-refractivity contribution is 5.92. The molecule has 1 atom stereocenters. The number of Topliss-reactive ketones (excluding diaryl/α,β-unsaturated/α-hetero) is 1. The Bertz CT molecular complexity index is 389. The minimum atomic E-state index is -1.59. The lowest BCUT2D eigenvalue weighted by molar-refractivity contribution is -0.145. The maximum atomic E-state index is 11.2. The molecule has 0 saturated heterocycles. The Morgan fingerprint density at radius 3 is 2.32 bits per heavy atom. The van der Waals surface area contributed by atoms with Crippen molar-refractivity contribution in [1.82, 2.24) is 5.32 Å². The van der Waals surface area contributed by atoms with Crippen LogP contribution in [0.4, 0.5) is 0 Å². The number of esters is 2. The van der Waals surface area contributed by atoms with E-state index in [-0.39, 0.29) is 12.3 Å². The van der Waals surface area contributed by atoms with Gasteiger partial charge in [0.25, 0.3) is 5.91 Å². The van der Waals surface area contributed by atoms with Crippen LogP contribution in [-0.4, -0.2) is 55.1 Å². The summed E-state index contributed by atoms with van der Waals surface area (Å²) in [6.07, 6.45) is 0.0474. The predicted octanol–water partition coefficient (Wildman–Crippen LogP) is -1.68. The Balaban J connectivity index is 4.01. The largest absolute Gasteiger partial charge is 0.466 e. The number of methoxy groups -OCH3 is 1. The zero-order valence-corrected chi connectivity index (χ0v) is 10.5. The molecule has 8 nitrogen and oxygen atoms in total. The van der Waals surface area contributed by atoms with Gasteiger partial charge in [-0.15, -0.1) is 0 Å². The van der Waals surface area contributed by atoms with E-state index in [1.807, 2.05) is 0 Å². The van der Waals surface area contributed by atoms with E-state index in [0.29, 0.717) is 0 Å². The van der Waals surface area contributed by atoms with Gasteiger partial charge in [-0.25, -0.2) is 9.59 Å². The van der Waals surface area contributed by atoms with E-state index in [4.69, 9.17) is 0 Å². The molecule has 0 aromatic heterocycles. The number of amides is 1. The number of rotatable bonds is 7. The Kier molecular flexibility index (Phi) is 7.78. The van der Waals surface area contributed by atoms with Crippen LogP contribution in [0.5, 0.6) is 0 Å². The second-order valence-electron chi connectivity index (χ2n) is 3.42. The summed E-state index contributed by atoms with van der Waals surface area (Å²) in [5.41, 5.74) is 0. The molecule has 1 unspecified atom stereocenters. The highest BCUT2D eigenvalue weighted by Crippen LogP contribution is 1.89. The molecule has 0 spiro atoms. The zero-order valence-electron chi connectivity index (χ0n) is 10.5. The van der Waals surface area contributed by atoms with E-state index < -0.39 is 30.6 Å².